The molecule has 0 atom stereocenters. The Hall–Kier alpha value is -2.73. The third kappa shape index (κ3) is 3.00. The minimum Gasteiger partial charge on any atom is -0.497 e. The Kier molecular flexibility index (Phi) is 3.97. The molecule has 2 aromatic heterocycles. The standard InChI is InChI=1S/C18H18ClN5O/c1-25-12-2-3-15-13(8-12)14(10-21-15)11-4-6-24(7-5-11)17-9-16(19)22-18(20)23-17/h2-4,8-10,21H,5-7H2,1H3,(H2,20,22,23). The molecule has 4 rings (SSSR count). The Morgan fingerprint density at radius 1 is 1.28 bits per heavy atom. The van der Waals surface area contributed by atoms with Crippen LogP contribution in [0.3, 0.4) is 0 Å². The largest absolute Gasteiger partial charge is 0.497 e. The lowest BCUT2D eigenvalue weighted by molar-refractivity contribution is 0.415. The summed E-state index contributed by atoms with van der Waals surface area (Å²) in [6.07, 6.45) is 5.19. The average molecular weight is 356 g/mol. The molecule has 0 radical (unpaired) electrons. The van der Waals surface area contributed by atoms with Crippen molar-refractivity contribution in [1.29, 1.82) is 0 Å². The summed E-state index contributed by atoms with van der Waals surface area (Å²) in [6, 6.07) is 7.81. The van der Waals surface area contributed by atoms with E-state index in [1.165, 1.54) is 16.5 Å². The number of halogens is 1. The van der Waals surface area contributed by atoms with E-state index < -0.39 is 0 Å². The summed E-state index contributed by atoms with van der Waals surface area (Å²) in [5.74, 6) is 1.81. The van der Waals surface area contributed by atoms with Gasteiger partial charge in [0.15, 0.2) is 0 Å². The number of nitrogens with zero attached hydrogens (tertiary/aromatic N) is 3. The molecule has 1 aromatic carbocycles. The highest BCUT2D eigenvalue weighted by molar-refractivity contribution is 6.29. The monoisotopic (exact) mass is 355 g/mol. The Bertz CT molecular complexity index is 945. The molecule has 0 amide bonds. The van der Waals surface area contributed by atoms with E-state index in [0.717, 1.165) is 36.6 Å². The highest BCUT2D eigenvalue weighted by atomic mass is 35.5. The number of anilines is 2. The van der Waals surface area contributed by atoms with Crippen LogP contribution in [-0.2, 0) is 0 Å². The number of hydrogen-bond acceptors (Lipinski definition) is 5. The molecule has 0 saturated carbocycles. The average Bonchev–Trinajstić information content (AvgIpc) is 3.04. The minimum absolute atomic E-state index is 0.195. The summed E-state index contributed by atoms with van der Waals surface area (Å²) in [5, 5.41) is 1.54. The van der Waals surface area contributed by atoms with Crippen LogP contribution >= 0.6 is 11.6 Å². The van der Waals surface area contributed by atoms with Crippen molar-refractivity contribution >= 4 is 39.8 Å². The van der Waals surface area contributed by atoms with Crippen LogP contribution in [0.1, 0.15) is 12.0 Å². The number of nitrogens with one attached hydrogen (secondary N) is 1. The molecule has 0 unspecified atom stereocenters. The van der Waals surface area contributed by atoms with Crippen LogP contribution < -0.4 is 15.4 Å². The lowest BCUT2D eigenvalue weighted by Crippen LogP contribution is -2.29. The van der Waals surface area contributed by atoms with E-state index in [4.69, 9.17) is 22.1 Å². The number of H-pyrrole nitrogens is 1. The van der Waals surface area contributed by atoms with E-state index in [2.05, 4.69) is 38.2 Å². The van der Waals surface area contributed by atoms with Crippen LogP contribution in [0.4, 0.5) is 11.8 Å². The number of benzene rings is 1. The van der Waals surface area contributed by atoms with Gasteiger partial charge in [-0.3, -0.25) is 0 Å². The van der Waals surface area contributed by atoms with E-state index in [1.54, 1.807) is 13.2 Å². The number of nitrogen functional groups attached to an aromatic ring is 1. The van der Waals surface area contributed by atoms with E-state index >= 15 is 0 Å². The zero-order chi connectivity index (χ0) is 17.4. The molecule has 6 nitrogen and oxygen atoms in total. The summed E-state index contributed by atoms with van der Waals surface area (Å²) in [6.45, 7) is 1.59. The third-order valence-electron chi connectivity index (χ3n) is 4.47. The van der Waals surface area contributed by atoms with Crippen LogP contribution in [0.2, 0.25) is 5.15 Å². The molecule has 3 heterocycles. The first-order chi connectivity index (χ1) is 12.1. The van der Waals surface area contributed by atoms with Crippen molar-refractivity contribution in [1.82, 2.24) is 15.0 Å². The van der Waals surface area contributed by atoms with Gasteiger partial charge < -0.3 is 20.4 Å². The molecule has 1 aliphatic heterocycles. The van der Waals surface area contributed by atoms with Gasteiger partial charge in [0.2, 0.25) is 5.95 Å². The number of aromatic nitrogens is 3. The van der Waals surface area contributed by atoms with Gasteiger partial charge in [-0.05, 0) is 30.2 Å². The molecule has 128 valence electrons. The fraction of sp³-hybridized carbons (Fsp3) is 0.222. The molecule has 0 saturated heterocycles. The predicted molar refractivity (Wildman–Crippen MR) is 101 cm³/mol. The molecular formula is C18H18ClN5O. The van der Waals surface area contributed by atoms with Crippen molar-refractivity contribution in [3.8, 4) is 5.75 Å². The van der Waals surface area contributed by atoms with E-state index in [9.17, 15) is 0 Å². The Balaban J connectivity index is 1.62. The number of ether oxygens (including phenoxy) is 1. The second-order valence-corrected chi connectivity index (χ2v) is 6.33. The fourth-order valence-electron chi connectivity index (χ4n) is 3.20. The van der Waals surface area contributed by atoms with Crippen LogP contribution in [0.25, 0.3) is 16.5 Å². The van der Waals surface area contributed by atoms with E-state index in [0.29, 0.717) is 5.15 Å². The Morgan fingerprint density at radius 3 is 2.88 bits per heavy atom. The van der Waals surface area contributed by atoms with Crippen molar-refractivity contribution in [2.45, 2.75) is 6.42 Å². The molecule has 7 heteroatoms. The first-order valence-corrected chi connectivity index (χ1v) is 8.41. The Labute approximate surface area is 150 Å². The number of nitrogens with two attached hydrogens (primary N) is 1. The minimum atomic E-state index is 0.195. The number of hydrogen-bond donors (Lipinski definition) is 2. The normalized spacial score (nSPS) is 14.6. The van der Waals surface area contributed by atoms with Gasteiger partial charge in [-0.25, -0.2) is 4.98 Å². The van der Waals surface area contributed by atoms with E-state index in [1.807, 2.05) is 12.1 Å². The van der Waals surface area contributed by atoms with Gasteiger partial charge in [0.25, 0.3) is 0 Å². The second kappa shape index (κ2) is 6.29. The summed E-state index contributed by atoms with van der Waals surface area (Å²) in [5.41, 5.74) is 9.33. The van der Waals surface area contributed by atoms with Crippen LogP contribution in [0.5, 0.6) is 5.75 Å². The number of fused-ring (bicyclic) bond motifs is 1. The van der Waals surface area contributed by atoms with Gasteiger partial charge in [0, 0.05) is 41.8 Å². The predicted octanol–water partition coefficient (Wildman–Crippen LogP) is 3.50. The molecule has 1 aliphatic rings. The van der Waals surface area contributed by atoms with Crippen molar-refractivity contribution in [3.63, 3.8) is 0 Å². The summed E-state index contributed by atoms with van der Waals surface area (Å²) >= 11 is 5.98. The van der Waals surface area contributed by atoms with Gasteiger partial charge in [-0.1, -0.05) is 17.7 Å². The first kappa shape index (κ1) is 15.8. The molecule has 3 N–H and O–H groups in total. The molecule has 3 aromatic rings. The van der Waals surface area contributed by atoms with Gasteiger partial charge in [-0.15, -0.1) is 0 Å². The lowest BCUT2D eigenvalue weighted by Gasteiger charge is -2.27. The van der Waals surface area contributed by atoms with Crippen LogP contribution in [-0.4, -0.2) is 35.2 Å². The van der Waals surface area contributed by atoms with Crippen molar-refractivity contribution in [2.24, 2.45) is 0 Å². The third-order valence-corrected chi connectivity index (χ3v) is 4.66. The molecule has 0 spiro atoms. The number of aromatic amines is 1. The van der Waals surface area contributed by atoms with Crippen molar-refractivity contribution in [2.75, 3.05) is 30.8 Å². The number of rotatable bonds is 3. The first-order valence-electron chi connectivity index (χ1n) is 8.03. The molecular weight excluding hydrogens is 338 g/mol. The quantitative estimate of drug-likeness (QED) is 0.703. The van der Waals surface area contributed by atoms with E-state index in [-0.39, 0.29) is 5.95 Å². The summed E-state index contributed by atoms with van der Waals surface area (Å²) < 4.78 is 5.35. The molecule has 25 heavy (non-hydrogen) atoms. The van der Waals surface area contributed by atoms with Gasteiger partial charge in [-0.2, -0.15) is 4.98 Å². The molecule has 0 aliphatic carbocycles. The maximum atomic E-state index is 5.98. The van der Waals surface area contributed by atoms with Crippen LogP contribution in [0, 0.1) is 0 Å². The topological polar surface area (TPSA) is 80.1 Å². The van der Waals surface area contributed by atoms with Gasteiger partial charge in [0.1, 0.15) is 16.7 Å². The lowest BCUT2D eigenvalue weighted by atomic mass is 9.99. The summed E-state index contributed by atoms with van der Waals surface area (Å²) in [4.78, 5) is 13.7. The molecule has 0 fully saturated rings. The maximum Gasteiger partial charge on any atom is 0.223 e. The number of methoxy groups -OCH3 is 1. The smallest absolute Gasteiger partial charge is 0.223 e. The van der Waals surface area contributed by atoms with Crippen molar-refractivity contribution < 1.29 is 4.74 Å². The van der Waals surface area contributed by atoms with Gasteiger partial charge in [0.05, 0.1) is 7.11 Å². The molecule has 0 bridgehead atoms. The highest BCUT2D eigenvalue weighted by Crippen LogP contribution is 2.32. The zero-order valence-corrected chi connectivity index (χ0v) is 14.5. The highest BCUT2D eigenvalue weighted by Gasteiger charge is 2.18. The summed E-state index contributed by atoms with van der Waals surface area (Å²) in [7, 11) is 1.68. The maximum absolute atomic E-state index is 5.98. The fourth-order valence-corrected chi connectivity index (χ4v) is 3.38. The zero-order valence-electron chi connectivity index (χ0n) is 13.8. The van der Waals surface area contributed by atoms with Crippen LogP contribution in [0.15, 0.2) is 36.5 Å². The Morgan fingerprint density at radius 2 is 2.16 bits per heavy atom. The van der Waals surface area contributed by atoms with Crippen molar-refractivity contribution in [3.05, 3.63) is 47.3 Å². The van der Waals surface area contributed by atoms with Gasteiger partial charge >= 0.3 is 0 Å². The second-order valence-electron chi connectivity index (χ2n) is 5.95. The SMILES string of the molecule is COc1ccc2[nH]cc(C3=CCN(c4cc(Cl)nc(N)n4)CC3)c2c1.